The summed E-state index contributed by atoms with van der Waals surface area (Å²) in [5, 5.41) is 12.8. The van der Waals surface area contributed by atoms with E-state index < -0.39 is 11.6 Å². The van der Waals surface area contributed by atoms with Gasteiger partial charge in [-0.2, -0.15) is 0 Å². The second-order valence-corrected chi connectivity index (χ2v) is 6.37. The number of nitrogens with zero attached hydrogens (tertiary/aromatic N) is 1. The molecule has 1 aliphatic heterocycles. The molecule has 4 nitrogen and oxygen atoms in total. The van der Waals surface area contributed by atoms with Crippen molar-refractivity contribution in [3.05, 3.63) is 27.9 Å². The van der Waals surface area contributed by atoms with Crippen molar-refractivity contribution in [2.24, 2.45) is 5.92 Å². The summed E-state index contributed by atoms with van der Waals surface area (Å²) in [6.07, 6.45) is 2.98. The van der Waals surface area contributed by atoms with Crippen LogP contribution in [0.3, 0.4) is 0 Å². The van der Waals surface area contributed by atoms with E-state index in [-0.39, 0.29) is 11.7 Å². The average Bonchev–Trinajstić information content (AvgIpc) is 2.71. The SMILES string of the molecule is Cc1nc(CCC2(C(C)C)CC(O)=CC(=O)O2)cs1. The van der Waals surface area contributed by atoms with E-state index in [1.165, 1.54) is 0 Å². The van der Waals surface area contributed by atoms with Crippen molar-refractivity contribution in [3.8, 4) is 0 Å². The van der Waals surface area contributed by atoms with Gasteiger partial charge in [0.15, 0.2) is 0 Å². The number of aliphatic hydroxyl groups is 1. The highest BCUT2D eigenvalue weighted by molar-refractivity contribution is 7.09. The van der Waals surface area contributed by atoms with Crippen molar-refractivity contribution in [2.75, 3.05) is 0 Å². The van der Waals surface area contributed by atoms with Gasteiger partial charge in [0.2, 0.25) is 0 Å². The third-order valence-electron chi connectivity index (χ3n) is 3.59. The second-order valence-electron chi connectivity index (χ2n) is 5.31. The normalized spacial score (nSPS) is 23.4. The van der Waals surface area contributed by atoms with E-state index in [1.54, 1.807) is 11.3 Å². The first kappa shape index (κ1) is 14.1. The van der Waals surface area contributed by atoms with Gasteiger partial charge in [-0.1, -0.05) is 13.8 Å². The predicted octanol–water partition coefficient (Wildman–Crippen LogP) is 3.17. The largest absolute Gasteiger partial charge is 0.512 e. The molecule has 1 N–H and O–H groups in total. The summed E-state index contributed by atoms with van der Waals surface area (Å²) < 4.78 is 5.53. The number of carbonyl (C=O) groups excluding carboxylic acids is 1. The lowest BCUT2D eigenvalue weighted by Gasteiger charge is -2.38. The van der Waals surface area contributed by atoms with Gasteiger partial charge in [-0.05, 0) is 25.7 Å². The van der Waals surface area contributed by atoms with E-state index in [1.807, 2.05) is 26.2 Å². The van der Waals surface area contributed by atoms with Gasteiger partial charge in [-0.25, -0.2) is 9.78 Å². The molecular formula is C14H19NO3S. The van der Waals surface area contributed by atoms with Gasteiger partial charge in [-0.15, -0.1) is 11.3 Å². The molecule has 0 saturated heterocycles. The highest BCUT2D eigenvalue weighted by atomic mass is 32.1. The Labute approximate surface area is 117 Å². The third-order valence-corrected chi connectivity index (χ3v) is 4.41. The first-order chi connectivity index (χ1) is 8.91. The molecule has 1 atom stereocenters. The molecule has 0 saturated carbocycles. The molecule has 0 spiro atoms. The van der Waals surface area contributed by atoms with E-state index >= 15 is 0 Å². The molecule has 104 valence electrons. The third kappa shape index (κ3) is 3.15. The summed E-state index contributed by atoms with van der Waals surface area (Å²) in [4.78, 5) is 16.0. The smallest absolute Gasteiger partial charge is 0.334 e. The van der Waals surface area contributed by atoms with E-state index in [9.17, 15) is 9.90 Å². The fraction of sp³-hybridized carbons (Fsp3) is 0.571. The molecule has 0 fully saturated rings. The van der Waals surface area contributed by atoms with Crippen LogP contribution in [-0.2, 0) is 16.0 Å². The minimum absolute atomic E-state index is 0.111. The monoisotopic (exact) mass is 281 g/mol. The van der Waals surface area contributed by atoms with Crippen LogP contribution in [0.25, 0.3) is 0 Å². The number of carbonyl (C=O) groups is 1. The lowest BCUT2D eigenvalue weighted by molar-refractivity contribution is -0.163. The summed E-state index contributed by atoms with van der Waals surface area (Å²) in [7, 11) is 0. The van der Waals surface area contributed by atoms with Gasteiger partial charge in [0.05, 0.1) is 16.8 Å². The minimum Gasteiger partial charge on any atom is -0.512 e. The molecule has 0 aliphatic carbocycles. The molecule has 1 aromatic heterocycles. The van der Waals surface area contributed by atoms with Crippen molar-refractivity contribution >= 4 is 17.3 Å². The van der Waals surface area contributed by atoms with Gasteiger partial charge >= 0.3 is 5.97 Å². The molecular weight excluding hydrogens is 262 g/mol. The Bertz CT molecular complexity index is 507. The highest BCUT2D eigenvalue weighted by Crippen LogP contribution is 2.36. The Morgan fingerprint density at radius 3 is 2.84 bits per heavy atom. The Balaban J connectivity index is 2.12. The van der Waals surface area contributed by atoms with Gasteiger partial charge in [0.1, 0.15) is 11.4 Å². The molecule has 0 aromatic carbocycles. The van der Waals surface area contributed by atoms with Crippen molar-refractivity contribution in [2.45, 2.75) is 45.6 Å². The molecule has 2 rings (SSSR count). The van der Waals surface area contributed by atoms with E-state index in [2.05, 4.69) is 4.98 Å². The molecule has 1 aliphatic rings. The summed E-state index contributed by atoms with van der Waals surface area (Å²) in [6, 6.07) is 0. The molecule has 0 amide bonds. The molecule has 1 aromatic rings. The molecule has 19 heavy (non-hydrogen) atoms. The number of esters is 1. The number of aliphatic hydroxyl groups excluding tert-OH is 1. The molecule has 5 heteroatoms. The maximum Gasteiger partial charge on any atom is 0.334 e. The number of cyclic esters (lactones) is 1. The molecule has 0 bridgehead atoms. The number of ether oxygens (including phenoxy) is 1. The first-order valence-electron chi connectivity index (χ1n) is 6.45. The van der Waals surface area contributed by atoms with E-state index in [0.29, 0.717) is 12.8 Å². The minimum atomic E-state index is -0.618. The van der Waals surface area contributed by atoms with Crippen molar-refractivity contribution in [3.63, 3.8) is 0 Å². The predicted molar refractivity (Wildman–Crippen MR) is 74.2 cm³/mol. The van der Waals surface area contributed by atoms with E-state index in [0.717, 1.165) is 23.2 Å². The van der Waals surface area contributed by atoms with Gasteiger partial charge < -0.3 is 9.84 Å². The van der Waals surface area contributed by atoms with Gasteiger partial charge in [-0.3, -0.25) is 0 Å². The Hall–Kier alpha value is -1.36. The summed E-state index contributed by atoms with van der Waals surface area (Å²) in [5.41, 5.74) is 0.403. The number of thiazole rings is 1. The molecule has 2 heterocycles. The standard InChI is InChI=1S/C14H19NO3S/c1-9(2)14(7-12(16)6-13(17)18-14)5-4-11-8-19-10(3)15-11/h6,8-9,16H,4-5,7H2,1-3H3. The van der Waals surface area contributed by atoms with Crippen LogP contribution < -0.4 is 0 Å². The maximum atomic E-state index is 11.5. The average molecular weight is 281 g/mol. The quantitative estimate of drug-likeness (QED) is 0.861. The first-order valence-corrected chi connectivity index (χ1v) is 7.33. The maximum absolute atomic E-state index is 11.5. The van der Waals surface area contributed by atoms with Gasteiger partial charge in [0, 0.05) is 11.8 Å². The summed E-state index contributed by atoms with van der Waals surface area (Å²) in [5.74, 6) is -0.196. The zero-order chi connectivity index (χ0) is 14.0. The Kier molecular flexibility index (Phi) is 3.94. The molecule has 0 radical (unpaired) electrons. The van der Waals surface area contributed by atoms with Crippen LogP contribution in [0.1, 0.15) is 37.4 Å². The number of hydrogen-bond donors (Lipinski definition) is 1. The second kappa shape index (κ2) is 5.33. The lowest BCUT2D eigenvalue weighted by atomic mass is 9.80. The fourth-order valence-corrected chi connectivity index (χ4v) is 3.02. The number of rotatable bonds is 4. The highest BCUT2D eigenvalue weighted by Gasteiger charge is 2.41. The van der Waals surface area contributed by atoms with Crippen molar-refractivity contribution < 1.29 is 14.6 Å². The lowest BCUT2D eigenvalue weighted by Crippen LogP contribution is -2.43. The Morgan fingerprint density at radius 1 is 1.58 bits per heavy atom. The van der Waals surface area contributed by atoms with Gasteiger partial charge in [0.25, 0.3) is 0 Å². The topological polar surface area (TPSA) is 59.4 Å². The van der Waals surface area contributed by atoms with Crippen LogP contribution in [0.5, 0.6) is 0 Å². The summed E-state index contributed by atoms with van der Waals surface area (Å²) >= 11 is 1.62. The van der Waals surface area contributed by atoms with Crippen LogP contribution in [0, 0.1) is 12.8 Å². The van der Waals surface area contributed by atoms with Crippen LogP contribution in [0.2, 0.25) is 0 Å². The Morgan fingerprint density at radius 2 is 2.32 bits per heavy atom. The number of hydrogen-bond acceptors (Lipinski definition) is 5. The number of aromatic nitrogens is 1. The van der Waals surface area contributed by atoms with Crippen molar-refractivity contribution in [1.29, 1.82) is 0 Å². The van der Waals surface area contributed by atoms with Crippen molar-refractivity contribution in [1.82, 2.24) is 4.98 Å². The number of aryl methyl sites for hydroxylation is 2. The van der Waals surface area contributed by atoms with Crippen LogP contribution >= 0.6 is 11.3 Å². The van der Waals surface area contributed by atoms with E-state index in [4.69, 9.17) is 4.74 Å². The van der Waals surface area contributed by atoms with Crippen LogP contribution in [0.15, 0.2) is 17.2 Å². The zero-order valence-corrected chi connectivity index (χ0v) is 12.3. The van der Waals surface area contributed by atoms with Crippen LogP contribution in [0.4, 0.5) is 0 Å². The summed E-state index contributed by atoms with van der Waals surface area (Å²) in [6.45, 7) is 6.00. The molecule has 1 unspecified atom stereocenters. The zero-order valence-electron chi connectivity index (χ0n) is 11.5. The fourth-order valence-electron chi connectivity index (χ4n) is 2.37. The van der Waals surface area contributed by atoms with Crippen LogP contribution in [-0.4, -0.2) is 21.7 Å².